The monoisotopic (exact) mass is 225 g/mol. The molecule has 0 aliphatic heterocycles. The van der Waals surface area contributed by atoms with Crippen LogP contribution >= 0.6 is 0 Å². The number of hydrogen-bond acceptors (Lipinski definition) is 3. The summed E-state index contributed by atoms with van der Waals surface area (Å²) in [4.78, 5) is 10.4. The van der Waals surface area contributed by atoms with Crippen molar-refractivity contribution in [2.24, 2.45) is 23.7 Å². The molecule has 5 unspecified atom stereocenters. The highest BCUT2D eigenvalue weighted by Gasteiger charge is 2.64. The number of aliphatic hydroxyl groups excluding tert-OH is 1. The third-order valence-corrected chi connectivity index (χ3v) is 4.73. The van der Waals surface area contributed by atoms with E-state index in [-0.39, 0.29) is 6.42 Å². The van der Waals surface area contributed by atoms with Gasteiger partial charge in [-0.05, 0) is 42.9 Å². The third kappa shape index (κ3) is 1.64. The van der Waals surface area contributed by atoms with Crippen LogP contribution in [0.15, 0.2) is 0 Å². The zero-order valence-electron chi connectivity index (χ0n) is 9.30. The van der Waals surface area contributed by atoms with Crippen LogP contribution in [-0.4, -0.2) is 34.9 Å². The molecule has 3 saturated carbocycles. The van der Waals surface area contributed by atoms with Crippen molar-refractivity contribution >= 4 is 5.97 Å². The van der Waals surface area contributed by atoms with Crippen LogP contribution in [-0.2, 0) is 4.79 Å². The molecule has 3 fully saturated rings. The first-order chi connectivity index (χ1) is 7.66. The molecule has 3 rings (SSSR count). The van der Waals surface area contributed by atoms with Gasteiger partial charge in [-0.1, -0.05) is 0 Å². The van der Waals surface area contributed by atoms with Crippen LogP contribution in [0.2, 0.25) is 0 Å². The van der Waals surface area contributed by atoms with Crippen LogP contribution in [0.3, 0.4) is 0 Å². The molecule has 3 aliphatic carbocycles. The van der Waals surface area contributed by atoms with E-state index in [1.54, 1.807) is 0 Å². The summed E-state index contributed by atoms with van der Waals surface area (Å²) in [6.45, 7) is 0.434. The maximum Gasteiger partial charge on any atom is 0.306 e. The lowest BCUT2D eigenvalue weighted by atomic mass is 10.0. The summed E-state index contributed by atoms with van der Waals surface area (Å²) in [5.41, 5.74) is 0. The lowest BCUT2D eigenvalue weighted by Gasteiger charge is -2.13. The molecule has 4 heteroatoms. The average molecular weight is 225 g/mol. The molecule has 0 heterocycles. The largest absolute Gasteiger partial charge is 0.481 e. The molecule has 0 spiro atoms. The van der Waals surface area contributed by atoms with E-state index >= 15 is 0 Å². The van der Waals surface area contributed by atoms with Gasteiger partial charge in [0.2, 0.25) is 0 Å². The van der Waals surface area contributed by atoms with Crippen LogP contribution in [0.5, 0.6) is 0 Å². The Morgan fingerprint density at radius 2 is 1.94 bits per heavy atom. The van der Waals surface area contributed by atoms with E-state index in [9.17, 15) is 9.90 Å². The van der Waals surface area contributed by atoms with E-state index < -0.39 is 12.1 Å². The molecule has 0 radical (unpaired) electrons. The molecule has 2 bridgehead atoms. The number of hydrogen-bond donors (Lipinski definition) is 3. The second kappa shape index (κ2) is 3.70. The molecule has 4 nitrogen and oxygen atoms in total. The Morgan fingerprint density at radius 3 is 2.50 bits per heavy atom. The van der Waals surface area contributed by atoms with Crippen LogP contribution in [0, 0.1) is 23.7 Å². The van der Waals surface area contributed by atoms with Gasteiger partial charge in [0, 0.05) is 12.6 Å². The fraction of sp³-hybridized carbons (Fsp3) is 0.917. The predicted molar refractivity (Wildman–Crippen MR) is 57.9 cm³/mol. The van der Waals surface area contributed by atoms with Crippen LogP contribution in [0.1, 0.15) is 25.7 Å². The Labute approximate surface area is 95.0 Å². The van der Waals surface area contributed by atoms with Crippen molar-refractivity contribution in [1.82, 2.24) is 5.32 Å². The van der Waals surface area contributed by atoms with E-state index in [4.69, 9.17) is 5.11 Å². The molecule has 0 aromatic rings. The molecule has 3 N–H and O–H groups in total. The van der Waals surface area contributed by atoms with Gasteiger partial charge in [-0.3, -0.25) is 4.79 Å². The lowest BCUT2D eigenvalue weighted by molar-refractivity contribution is -0.139. The van der Waals surface area contributed by atoms with Gasteiger partial charge in [-0.2, -0.15) is 0 Å². The first-order valence-corrected chi connectivity index (χ1v) is 6.30. The Bertz CT molecular complexity index is 291. The van der Waals surface area contributed by atoms with Crippen LogP contribution in [0.4, 0.5) is 0 Å². The van der Waals surface area contributed by atoms with Gasteiger partial charge in [0.15, 0.2) is 0 Å². The zero-order chi connectivity index (χ0) is 11.3. The van der Waals surface area contributed by atoms with Crippen molar-refractivity contribution in [2.75, 3.05) is 6.54 Å². The molecule has 3 aliphatic rings. The Balaban J connectivity index is 1.43. The number of nitrogens with one attached hydrogen (secondary N) is 1. The second-order valence-corrected chi connectivity index (χ2v) is 5.67. The SMILES string of the molecule is O=C(O)CC(O)CNC1C2C3CCC(C3)C12. The summed E-state index contributed by atoms with van der Waals surface area (Å²) in [7, 11) is 0. The van der Waals surface area contributed by atoms with Gasteiger partial charge in [-0.25, -0.2) is 0 Å². The number of aliphatic carboxylic acids is 1. The Morgan fingerprint density at radius 1 is 1.31 bits per heavy atom. The highest BCUT2D eigenvalue weighted by Crippen LogP contribution is 2.65. The van der Waals surface area contributed by atoms with Crippen molar-refractivity contribution in [1.29, 1.82) is 0 Å². The minimum atomic E-state index is -0.926. The number of carboxylic acid groups (broad SMARTS) is 1. The van der Waals surface area contributed by atoms with Gasteiger partial charge in [-0.15, -0.1) is 0 Å². The third-order valence-electron chi connectivity index (χ3n) is 4.73. The van der Waals surface area contributed by atoms with Gasteiger partial charge in [0.1, 0.15) is 0 Å². The molecule has 0 amide bonds. The van der Waals surface area contributed by atoms with E-state index in [1.807, 2.05) is 0 Å². The van der Waals surface area contributed by atoms with Gasteiger partial charge in [0.25, 0.3) is 0 Å². The smallest absolute Gasteiger partial charge is 0.306 e. The van der Waals surface area contributed by atoms with Gasteiger partial charge < -0.3 is 15.5 Å². The first kappa shape index (κ1) is 10.5. The fourth-order valence-corrected chi connectivity index (χ4v) is 4.14. The highest BCUT2D eigenvalue weighted by molar-refractivity contribution is 5.67. The number of carboxylic acids is 1. The van der Waals surface area contributed by atoms with Crippen LogP contribution < -0.4 is 5.32 Å². The summed E-state index contributed by atoms with van der Waals surface area (Å²) in [5.74, 6) is 2.60. The molecular formula is C12H19NO3. The van der Waals surface area contributed by atoms with E-state index in [0.29, 0.717) is 12.6 Å². The first-order valence-electron chi connectivity index (χ1n) is 6.30. The summed E-state index contributed by atoms with van der Waals surface area (Å²) < 4.78 is 0. The molecule has 5 atom stereocenters. The van der Waals surface area contributed by atoms with Crippen molar-refractivity contribution in [3.05, 3.63) is 0 Å². The number of aliphatic hydroxyl groups is 1. The number of carbonyl (C=O) groups is 1. The minimum Gasteiger partial charge on any atom is -0.481 e. The normalized spacial score (nSPS) is 45.4. The minimum absolute atomic E-state index is 0.151. The Hall–Kier alpha value is -0.610. The van der Waals surface area contributed by atoms with E-state index in [0.717, 1.165) is 23.7 Å². The standard InChI is InChI=1S/C12H19NO3/c14-8(4-9(15)16)5-13-12-10-6-1-2-7(3-6)11(10)12/h6-8,10-14H,1-5H2,(H,15,16). The number of fused-ring (bicyclic) bond motifs is 5. The predicted octanol–water partition coefficient (Wildman–Crippen LogP) is 0.456. The van der Waals surface area contributed by atoms with Crippen LogP contribution in [0.25, 0.3) is 0 Å². The summed E-state index contributed by atoms with van der Waals surface area (Å²) >= 11 is 0. The summed E-state index contributed by atoms with van der Waals surface area (Å²) in [6.07, 6.45) is 3.31. The summed E-state index contributed by atoms with van der Waals surface area (Å²) in [5, 5.41) is 21.3. The van der Waals surface area contributed by atoms with E-state index in [2.05, 4.69) is 5.32 Å². The van der Waals surface area contributed by atoms with Crippen molar-refractivity contribution in [3.63, 3.8) is 0 Å². The maximum absolute atomic E-state index is 10.4. The highest BCUT2D eigenvalue weighted by atomic mass is 16.4. The fourth-order valence-electron chi connectivity index (χ4n) is 4.14. The van der Waals surface area contributed by atoms with Crippen molar-refractivity contribution in [2.45, 2.75) is 37.8 Å². The second-order valence-electron chi connectivity index (χ2n) is 5.67. The topological polar surface area (TPSA) is 69.6 Å². The Kier molecular flexibility index (Phi) is 2.44. The molecule has 0 aromatic carbocycles. The quantitative estimate of drug-likeness (QED) is 0.635. The number of rotatable bonds is 5. The molecule has 90 valence electrons. The lowest BCUT2D eigenvalue weighted by Crippen LogP contribution is -2.32. The van der Waals surface area contributed by atoms with Crippen molar-refractivity contribution < 1.29 is 15.0 Å². The van der Waals surface area contributed by atoms with Gasteiger partial charge in [0.05, 0.1) is 12.5 Å². The zero-order valence-corrected chi connectivity index (χ0v) is 9.30. The molecule has 0 aromatic heterocycles. The average Bonchev–Trinajstić information content (AvgIpc) is 2.62. The van der Waals surface area contributed by atoms with E-state index in [1.165, 1.54) is 19.3 Å². The molecule has 16 heavy (non-hydrogen) atoms. The molecular weight excluding hydrogens is 206 g/mol. The van der Waals surface area contributed by atoms with Crippen molar-refractivity contribution in [3.8, 4) is 0 Å². The summed E-state index contributed by atoms with van der Waals surface area (Å²) in [6, 6.07) is 0.578. The maximum atomic E-state index is 10.4. The van der Waals surface area contributed by atoms with Gasteiger partial charge >= 0.3 is 5.97 Å². The molecule has 0 saturated heterocycles.